The van der Waals surface area contributed by atoms with Crippen LogP contribution >= 0.6 is 0 Å². The third-order valence-corrected chi connectivity index (χ3v) is 6.42. The van der Waals surface area contributed by atoms with Crippen molar-refractivity contribution in [2.24, 2.45) is 0 Å². The lowest BCUT2D eigenvalue weighted by Crippen LogP contribution is -2.37. The number of anilines is 1. The molecule has 0 aliphatic carbocycles. The van der Waals surface area contributed by atoms with Crippen LogP contribution in [0.25, 0.3) is 0 Å². The molecule has 2 aromatic rings. The van der Waals surface area contributed by atoms with E-state index in [4.69, 9.17) is 0 Å². The summed E-state index contributed by atoms with van der Waals surface area (Å²) in [6.45, 7) is 5.35. The Morgan fingerprint density at radius 3 is 2.43 bits per heavy atom. The van der Waals surface area contributed by atoms with Gasteiger partial charge in [-0.25, -0.2) is 8.42 Å². The number of rotatable bonds is 7. The minimum atomic E-state index is -3.70. The SMILES string of the molecule is Cc1c(NS(=O)(=O)c2ccccc2)cccc1C(=O)NCCN1CCCCC1. The molecule has 1 fully saturated rings. The van der Waals surface area contributed by atoms with E-state index >= 15 is 0 Å². The molecule has 28 heavy (non-hydrogen) atoms. The molecular weight excluding hydrogens is 374 g/mol. The highest BCUT2D eigenvalue weighted by Gasteiger charge is 2.18. The summed E-state index contributed by atoms with van der Waals surface area (Å²) < 4.78 is 27.7. The number of nitrogens with one attached hydrogen (secondary N) is 2. The second-order valence-electron chi connectivity index (χ2n) is 7.05. The van der Waals surface area contributed by atoms with Crippen molar-refractivity contribution in [3.8, 4) is 0 Å². The van der Waals surface area contributed by atoms with E-state index in [1.807, 2.05) is 0 Å². The lowest BCUT2D eigenvalue weighted by atomic mass is 10.1. The third-order valence-electron chi connectivity index (χ3n) is 5.04. The normalized spacial score (nSPS) is 15.2. The fourth-order valence-electron chi connectivity index (χ4n) is 3.40. The van der Waals surface area contributed by atoms with Gasteiger partial charge in [0.25, 0.3) is 15.9 Å². The first-order valence-electron chi connectivity index (χ1n) is 9.65. The van der Waals surface area contributed by atoms with E-state index in [-0.39, 0.29) is 10.8 Å². The number of carbonyl (C=O) groups is 1. The molecule has 1 heterocycles. The van der Waals surface area contributed by atoms with E-state index in [9.17, 15) is 13.2 Å². The molecule has 0 unspecified atom stereocenters. The molecule has 150 valence electrons. The molecule has 1 amide bonds. The summed E-state index contributed by atoms with van der Waals surface area (Å²) in [6.07, 6.45) is 3.72. The number of carbonyl (C=O) groups excluding carboxylic acids is 1. The molecule has 2 N–H and O–H groups in total. The van der Waals surface area contributed by atoms with Crippen molar-refractivity contribution < 1.29 is 13.2 Å². The number of amides is 1. The van der Waals surface area contributed by atoms with Crippen molar-refractivity contribution in [3.05, 3.63) is 59.7 Å². The lowest BCUT2D eigenvalue weighted by Gasteiger charge is -2.26. The summed E-state index contributed by atoms with van der Waals surface area (Å²) in [7, 11) is -3.70. The quantitative estimate of drug-likeness (QED) is 0.748. The van der Waals surface area contributed by atoms with Crippen LogP contribution in [0.3, 0.4) is 0 Å². The molecule has 0 aromatic heterocycles. The average Bonchev–Trinajstić information content (AvgIpc) is 2.71. The molecule has 7 heteroatoms. The highest BCUT2D eigenvalue weighted by Crippen LogP contribution is 2.22. The van der Waals surface area contributed by atoms with E-state index in [0.717, 1.165) is 19.6 Å². The molecule has 1 aliphatic heterocycles. The molecule has 1 saturated heterocycles. The minimum Gasteiger partial charge on any atom is -0.351 e. The van der Waals surface area contributed by atoms with Crippen molar-refractivity contribution in [2.75, 3.05) is 30.9 Å². The first kappa shape index (κ1) is 20.4. The smallest absolute Gasteiger partial charge is 0.261 e. The Kier molecular flexibility index (Phi) is 6.70. The predicted molar refractivity (Wildman–Crippen MR) is 111 cm³/mol. The van der Waals surface area contributed by atoms with Crippen LogP contribution in [0.15, 0.2) is 53.4 Å². The molecule has 0 bridgehead atoms. The lowest BCUT2D eigenvalue weighted by molar-refractivity contribution is 0.0946. The monoisotopic (exact) mass is 401 g/mol. The molecule has 0 saturated carbocycles. The Labute approximate surface area is 167 Å². The molecule has 2 aromatic carbocycles. The van der Waals surface area contributed by atoms with Crippen molar-refractivity contribution in [2.45, 2.75) is 31.1 Å². The summed E-state index contributed by atoms with van der Waals surface area (Å²) in [5.74, 6) is -0.185. The predicted octanol–water partition coefficient (Wildman–Crippen LogP) is 3.01. The summed E-state index contributed by atoms with van der Waals surface area (Å²) in [6, 6.07) is 13.3. The van der Waals surface area contributed by atoms with Gasteiger partial charge in [-0.1, -0.05) is 30.7 Å². The van der Waals surface area contributed by atoms with Gasteiger partial charge in [0.05, 0.1) is 10.6 Å². The van der Waals surface area contributed by atoms with E-state index in [0.29, 0.717) is 23.4 Å². The highest BCUT2D eigenvalue weighted by atomic mass is 32.2. The molecule has 6 nitrogen and oxygen atoms in total. The number of benzene rings is 2. The zero-order valence-corrected chi connectivity index (χ0v) is 17.0. The van der Waals surface area contributed by atoms with Gasteiger partial charge < -0.3 is 10.2 Å². The Bertz CT molecular complexity index is 908. The number of piperidine rings is 1. The summed E-state index contributed by atoms with van der Waals surface area (Å²) >= 11 is 0. The van der Waals surface area contributed by atoms with Crippen molar-refractivity contribution in [1.82, 2.24) is 10.2 Å². The Balaban J connectivity index is 1.66. The number of likely N-dealkylation sites (tertiary alicyclic amines) is 1. The van der Waals surface area contributed by atoms with Gasteiger partial charge in [-0.2, -0.15) is 0 Å². The first-order chi connectivity index (χ1) is 13.5. The third kappa shape index (κ3) is 5.11. The van der Waals surface area contributed by atoms with Crippen LogP contribution in [0.2, 0.25) is 0 Å². The standard InChI is InChI=1S/C21H27N3O3S/c1-17-19(21(25)22-13-16-24-14-6-3-7-15-24)11-8-12-20(17)23-28(26,27)18-9-4-2-5-10-18/h2,4-5,8-12,23H,3,6-7,13-16H2,1H3,(H,22,25). The second kappa shape index (κ2) is 9.21. The van der Waals surface area contributed by atoms with E-state index in [1.54, 1.807) is 43.3 Å². The molecular formula is C21H27N3O3S. The minimum absolute atomic E-state index is 0.185. The Hall–Kier alpha value is -2.38. The second-order valence-corrected chi connectivity index (χ2v) is 8.74. The molecule has 0 radical (unpaired) electrons. The van der Waals surface area contributed by atoms with Crippen LogP contribution in [0.4, 0.5) is 5.69 Å². The zero-order chi connectivity index (χ0) is 20.0. The number of hydrogen-bond acceptors (Lipinski definition) is 4. The Morgan fingerprint density at radius 1 is 1.00 bits per heavy atom. The van der Waals surface area contributed by atoms with Crippen molar-refractivity contribution >= 4 is 21.6 Å². The van der Waals surface area contributed by atoms with E-state index in [1.165, 1.54) is 31.4 Å². The first-order valence-corrected chi connectivity index (χ1v) is 11.1. The maximum Gasteiger partial charge on any atom is 0.261 e. The Morgan fingerprint density at radius 2 is 1.71 bits per heavy atom. The van der Waals surface area contributed by atoms with Crippen molar-refractivity contribution in [3.63, 3.8) is 0 Å². The van der Waals surface area contributed by atoms with Gasteiger partial charge in [-0.15, -0.1) is 0 Å². The maximum atomic E-state index is 12.6. The molecule has 0 spiro atoms. The van der Waals surface area contributed by atoms with Crippen LogP contribution in [0.1, 0.15) is 35.2 Å². The van der Waals surface area contributed by atoms with E-state index in [2.05, 4.69) is 14.9 Å². The zero-order valence-electron chi connectivity index (χ0n) is 16.1. The van der Waals surface area contributed by atoms with Gasteiger partial charge in [0.2, 0.25) is 0 Å². The van der Waals surface area contributed by atoms with Gasteiger partial charge >= 0.3 is 0 Å². The van der Waals surface area contributed by atoms with Gasteiger partial charge in [-0.3, -0.25) is 9.52 Å². The van der Waals surface area contributed by atoms with Gasteiger partial charge in [0.1, 0.15) is 0 Å². The van der Waals surface area contributed by atoms with Gasteiger partial charge in [-0.05, 0) is 62.7 Å². The number of hydrogen-bond donors (Lipinski definition) is 2. The van der Waals surface area contributed by atoms with Crippen LogP contribution in [-0.4, -0.2) is 45.4 Å². The van der Waals surface area contributed by atoms with E-state index < -0.39 is 10.0 Å². The molecule has 0 atom stereocenters. The summed E-state index contributed by atoms with van der Waals surface area (Å²) in [5.41, 5.74) is 1.50. The topological polar surface area (TPSA) is 78.5 Å². The van der Waals surface area contributed by atoms with Crippen LogP contribution in [-0.2, 0) is 10.0 Å². The highest BCUT2D eigenvalue weighted by molar-refractivity contribution is 7.92. The maximum absolute atomic E-state index is 12.6. The van der Waals surface area contributed by atoms with Gasteiger partial charge in [0, 0.05) is 18.7 Å². The van der Waals surface area contributed by atoms with Crippen LogP contribution in [0, 0.1) is 6.92 Å². The fourth-order valence-corrected chi connectivity index (χ4v) is 4.55. The summed E-state index contributed by atoms with van der Waals surface area (Å²) in [4.78, 5) is 15.1. The van der Waals surface area contributed by atoms with Gasteiger partial charge in [0.15, 0.2) is 0 Å². The molecule has 3 rings (SSSR count). The average molecular weight is 402 g/mol. The molecule has 1 aliphatic rings. The van der Waals surface area contributed by atoms with Crippen molar-refractivity contribution in [1.29, 1.82) is 0 Å². The largest absolute Gasteiger partial charge is 0.351 e. The number of nitrogens with zero attached hydrogens (tertiary/aromatic N) is 1. The fraction of sp³-hybridized carbons (Fsp3) is 0.381. The van der Waals surface area contributed by atoms with Crippen LogP contribution < -0.4 is 10.0 Å². The number of sulfonamides is 1. The van der Waals surface area contributed by atoms with Crippen LogP contribution in [0.5, 0.6) is 0 Å². The summed E-state index contributed by atoms with van der Waals surface area (Å²) in [5, 5.41) is 2.95.